The van der Waals surface area contributed by atoms with E-state index >= 15 is 0 Å². The molecular formula is C21H29NO8. The largest absolute Gasteiger partial charge is 0.469 e. The molecule has 1 rings (SSSR count). The van der Waals surface area contributed by atoms with Gasteiger partial charge in [-0.25, -0.2) is 9.59 Å². The molecule has 1 atom stereocenters. The number of benzene rings is 1. The summed E-state index contributed by atoms with van der Waals surface area (Å²) in [6, 6.07) is 3.95. The van der Waals surface area contributed by atoms with E-state index in [-0.39, 0.29) is 19.3 Å². The summed E-state index contributed by atoms with van der Waals surface area (Å²) in [5, 5.41) is 2.50. The number of carbonyl (C=O) groups excluding carboxylic acids is 4. The highest BCUT2D eigenvalue weighted by atomic mass is 16.6. The molecule has 0 aliphatic carbocycles. The van der Waals surface area contributed by atoms with Crippen LogP contribution in [0.25, 0.3) is 0 Å². The van der Waals surface area contributed by atoms with Gasteiger partial charge >= 0.3 is 24.0 Å². The number of ether oxygens (including phenoxy) is 4. The van der Waals surface area contributed by atoms with Crippen LogP contribution in [-0.4, -0.2) is 49.9 Å². The van der Waals surface area contributed by atoms with Crippen LogP contribution < -0.4 is 10.1 Å². The van der Waals surface area contributed by atoms with E-state index in [1.54, 1.807) is 39.0 Å². The molecule has 0 aromatic heterocycles. The maximum absolute atomic E-state index is 12.1. The van der Waals surface area contributed by atoms with E-state index in [1.807, 2.05) is 0 Å². The standard InChI is InChI=1S/C21H29NO8/c1-13(23)29-17-9-7-14(11-15(17)8-10-18(24)27-5)12-16(19(25)28-6)22-20(26)30-21(2,3)4/h7,9,11,16H,8,10,12H2,1-6H3,(H,22,26). The number of methoxy groups -OCH3 is 2. The van der Waals surface area contributed by atoms with Crippen molar-refractivity contribution in [1.82, 2.24) is 5.32 Å². The zero-order chi connectivity index (χ0) is 22.9. The first kappa shape index (κ1) is 24.9. The molecule has 0 radical (unpaired) electrons. The summed E-state index contributed by atoms with van der Waals surface area (Å²) in [6.45, 7) is 6.40. The van der Waals surface area contributed by atoms with Gasteiger partial charge in [0, 0.05) is 19.8 Å². The number of alkyl carbamates (subject to hydrolysis) is 1. The average molecular weight is 423 g/mol. The predicted molar refractivity (Wildman–Crippen MR) is 107 cm³/mol. The van der Waals surface area contributed by atoms with Crippen LogP contribution in [0.5, 0.6) is 5.75 Å². The van der Waals surface area contributed by atoms with E-state index in [2.05, 4.69) is 10.1 Å². The van der Waals surface area contributed by atoms with Gasteiger partial charge in [0.25, 0.3) is 0 Å². The van der Waals surface area contributed by atoms with Crippen molar-refractivity contribution >= 4 is 24.0 Å². The van der Waals surface area contributed by atoms with Gasteiger partial charge in [-0.3, -0.25) is 9.59 Å². The molecule has 0 aliphatic rings. The molecule has 0 aliphatic heterocycles. The third kappa shape index (κ3) is 8.93. The summed E-state index contributed by atoms with van der Waals surface area (Å²) in [6.07, 6.45) is -0.284. The molecule has 1 aromatic carbocycles. The first-order chi connectivity index (χ1) is 13.9. The third-order valence-corrected chi connectivity index (χ3v) is 3.82. The SMILES string of the molecule is COC(=O)CCc1cc(CC(NC(=O)OC(C)(C)C)C(=O)OC)ccc1OC(C)=O. The molecule has 0 spiro atoms. The van der Waals surface area contributed by atoms with Crippen LogP contribution in [0.1, 0.15) is 45.2 Å². The number of hydrogen-bond donors (Lipinski definition) is 1. The van der Waals surface area contributed by atoms with Gasteiger partial charge in [-0.1, -0.05) is 12.1 Å². The van der Waals surface area contributed by atoms with Crippen LogP contribution in [0.2, 0.25) is 0 Å². The van der Waals surface area contributed by atoms with Gasteiger partial charge in [0.1, 0.15) is 17.4 Å². The number of carbonyl (C=O) groups is 4. The van der Waals surface area contributed by atoms with E-state index in [0.717, 1.165) is 0 Å². The Morgan fingerprint density at radius 2 is 1.73 bits per heavy atom. The van der Waals surface area contributed by atoms with E-state index in [9.17, 15) is 19.2 Å². The monoisotopic (exact) mass is 423 g/mol. The smallest absolute Gasteiger partial charge is 0.408 e. The van der Waals surface area contributed by atoms with Crippen LogP contribution in [0.4, 0.5) is 4.79 Å². The summed E-state index contributed by atoms with van der Waals surface area (Å²) in [5.74, 6) is -1.24. The van der Waals surface area contributed by atoms with Crippen LogP contribution in [0.3, 0.4) is 0 Å². The van der Waals surface area contributed by atoms with Gasteiger partial charge in [-0.15, -0.1) is 0 Å². The van der Waals surface area contributed by atoms with Crippen molar-refractivity contribution in [1.29, 1.82) is 0 Å². The minimum absolute atomic E-state index is 0.0881. The van der Waals surface area contributed by atoms with Crippen molar-refractivity contribution in [2.24, 2.45) is 0 Å². The molecule has 9 heteroatoms. The van der Waals surface area contributed by atoms with Crippen molar-refractivity contribution in [3.05, 3.63) is 29.3 Å². The van der Waals surface area contributed by atoms with Gasteiger partial charge in [0.05, 0.1) is 14.2 Å². The minimum Gasteiger partial charge on any atom is -0.469 e. The highest BCUT2D eigenvalue weighted by Gasteiger charge is 2.25. The normalized spacial score (nSPS) is 11.8. The number of hydrogen-bond acceptors (Lipinski definition) is 8. The lowest BCUT2D eigenvalue weighted by molar-refractivity contribution is -0.143. The van der Waals surface area contributed by atoms with E-state index < -0.39 is 35.6 Å². The van der Waals surface area contributed by atoms with Crippen molar-refractivity contribution < 1.29 is 38.1 Å². The van der Waals surface area contributed by atoms with Crippen molar-refractivity contribution in [2.75, 3.05) is 14.2 Å². The second-order valence-electron chi connectivity index (χ2n) is 7.54. The van der Waals surface area contributed by atoms with Crippen LogP contribution in [0, 0.1) is 0 Å². The Kier molecular flexibility index (Phi) is 9.29. The molecule has 1 N–H and O–H groups in total. The molecule has 0 heterocycles. The molecule has 0 bridgehead atoms. The number of amides is 1. The Morgan fingerprint density at radius 3 is 2.27 bits per heavy atom. The number of aryl methyl sites for hydroxylation is 1. The molecule has 30 heavy (non-hydrogen) atoms. The van der Waals surface area contributed by atoms with Crippen LogP contribution in [0.15, 0.2) is 18.2 Å². The van der Waals surface area contributed by atoms with Gasteiger partial charge < -0.3 is 24.3 Å². The van der Waals surface area contributed by atoms with Gasteiger partial charge in [0.15, 0.2) is 0 Å². The zero-order valence-electron chi connectivity index (χ0n) is 18.2. The fourth-order valence-corrected chi connectivity index (χ4v) is 2.57. The molecule has 166 valence electrons. The van der Waals surface area contributed by atoms with Crippen LogP contribution >= 0.6 is 0 Å². The Hall–Kier alpha value is -3.10. The second-order valence-corrected chi connectivity index (χ2v) is 7.54. The van der Waals surface area contributed by atoms with Crippen molar-refractivity contribution in [3.63, 3.8) is 0 Å². The van der Waals surface area contributed by atoms with Crippen LogP contribution in [-0.2, 0) is 41.4 Å². The molecule has 1 unspecified atom stereocenters. The van der Waals surface area contributed by atoms with E-state index in [0.29, 0.717) is 16.9 Å². The molecule has 0 saturated heterocycles. The lowest BCUT2D eigenvalue weighted by Crippen LogP contribution is -2.45. The highest BCUT2D eigenvalue weighted by molar-refractivity contribution is 5.81. The minimum atomic E-state index is -0.988. The first-order valence-corrected chi connectivity index (χ1v) is 9.39. The molecule has 9 nitrogen and oxygen atoms in total. The van der Waals surface area contributed by atoms with E-state index in [1.165, 1.54) is 21.1 Å². The lowest BCUT2D eigenvalue weighted by atomic mass is 10.00. The Balaban J connectivity index is 3.07. The van der Waals surface area contributed by atoms with Gasteiger partial charge in [-0.2, -0.15) is 0 Å². The molecule has 1 aromatic rings. The second kappa shape index (κ2) is 11.2. The summed E-state index contributed by atoms with van der Waals surface area (Å²) in [5.41, 5.74) is 0.531. The van der Waals surface area contributed by atoms with Crippen molar-refractivity contribution in [3.8, 4) is 5.75 Å². The number of esters is 3. The topological polar surface area (TPSA) is 117 Å². The molecular weight excluding hydrogens is 394 g/mol. The Morgan fingerprint density at radius 1 is 1.07 bits per heavy atom. The summed E-state index contributed by atoms with van der Waals surface area (Å²) < 4.78 is 19.8. The fraction of sp³-hybridized carbons (Fsp3) is 0.524. The Bertz CT molecular complexity index is 782. The molecule has 1 amide bonds. The quantitative estimate of drug-likeness (QED) is 0.385. The zero-order valence-corrected chi connectivity index (χ0v) is 18.2. The maximum atomic E-state index is 12.1. The summed E-state index contributed by atoms with van der Waals surface area (Å²) >= 11 is 0. The fourth-order valence-electron chi connectivity index (χ4n) is 2.57. The molecule has 0 saturated carbocycles. The third-order valence-electron chi connectivity index (χ3n) is 3.82. The molecule has 0 fully saturated rings. The lowest BCUT2D eigenvalue weighted by Gasteiger charge is -2.23. The average Bonchev–Trinajstić information content (AvgIpc) is 2.64. The first-order valence-electron chi connectivity index (χ1n) is 9.39. The summed E-state index contributed by atoms with van der Waals surface area (Å²) in [4.78, 5) is 47.1. The van der Waals surface area contributed by atoms with Crippen molar-refractivity contribution in [2.45, 2.75) is 58.6 Å². The maximum Gasteiger partial charge on any atom is 0.408 e. The number of nitrogens with one attached hydrogen (secondary N) is 1. The van der Waals surface area contributed by atoms with E-state index in [4.69, 9.17) is 14.2 Å². The Labute approximate surface area is 176 Å². The number of rotatable bonds is 8. The van der Waals surface area contributed by atoms with Gasteiger partial charge in [-0.05, 0) is 44.4 Å². The predicted octanol–water partition coefficient (Wildman–Crippen LogP) is 2.33. The summed E-state index contributed by atoms with van der Waals surface area (Å²) in [7, 11) is 2.51. The highest BCUT2D eigenvalue weighted by Crippen LogP contribution is 2.23. The van der Waals surface area contributed by atoms with Gasteiger partial charge in [0.2, 0.25) is 0 Å².